The molecule has 6 heteroatoms. The Bertz CT molecular complexity index is 682. The molecule has 1 aromatic heterocycles. The molecule has 128 valence electrons. The van der Waals surface area contributed by atoms with Gasteiger partial charge >= 0.3 is 0 Å². The zero-order valence-electron chi connectivity index (χ0n) is 14.2. The molecule has 2 atom stereocenters. The van der Waals surface area contributed by atoms with Crippen molar-refractivity contribution in [2.75, 3.05) is 6.54 Å². The van der Waals surface area contributed by atoms with E-state index in [0.29, 0.717) is 13.0 Å². The number of nitrogens with two attached hydrogens (primary N) is 1. The fourth-order valence-electron chi connectivity index (χ4n) is 3.23. The quantitative estimate of drug-likeness (QED) is 0.868. The predicted octanol–water partition coefficient (Wildman–Crippen LogP) is 1.30. The van der Waals surface area contributed by atoms with Crippen molar-refractivity contribution < 1.29 is 4.79 Å². The Morgan fingerprint density at radius 2 is 2.08 bits per heavy atom. The molecule has 24 heavy (non-hydrogen) atoms. The van der Waals surface area contributed by atoms with Crippen LogP contribution in [0.25, 0.3) is 5.69 Å². The minimum Gasteiger partial charge on any atom is -0.353 e. The van der Waals surface area contributed by atoms with E-state index in [2.05, 4.69) is 15.3 Å². The normalized spacial score (nSPS) is 21.3. The van der Waals surface area contributed by atoms with Crippen LogP contribution in [0.5, 0.6) is 0 Å². The largest absolute Gasteiger partial charge is 0.353 e. The summed E-state index contributed by atoms with van der Waals surface area (Å²) in [7, 11) is 0. The number of nitrogens with one attached hydrogen (secondary N) is 1. The maximum Gasteiger partial charge on any atom is 0.237 e. The van der Waals surface area contributed by atoms with Crippen molar-refractivity contribution in [2.24, 2.45) is 5.73 Å². The maximum atomic E-state index is 12.5. The van der Waals surface area contributed by atoms with Gasteiger partial charge in [-0.3, -0.25) is 9.69 Å². The number of nitrogens with zero attached hydrogens (tertiary/aromatic N) is 3. The van der Waals surface area contributed by atoms with Crippen LogP contribution in [0.4, 0.5) is 0 Å². The van der Waals surface area contributed by atoms with Crippen LogP contribution in [0.3, 0.4) is 0 Å². The lowest BCUT2D eigenvalue weighted by Crippen LogP contribution is -2.45. The van der Waals surface area contributed by atoms with Gasteiger partial charge in [0.2, 0.25) is 5.91 Å². The molecular formula is C18H25N5O. The minimum atomic E-state index is -0.179. The maximum absolute atomic E-state index is 12.5. The van der Waals surface area contributed by atoms with E-state index < -0.39 is 0 Å². The molecule has 3 N–H and O–H groups in total. The number of rotatable bonds is 5. The van der Waals surface area contributed by atoms with Crippen molar-refractivity contribution in [2.45, 2.75) is 44.9 Å². The number of benzene rings is 1. The van der Waals surface area contributed by atoms with Crippen LogP contribution in [0.15, 0.2) is 42.6 Å². The Kier molecular flexibility index (Phi) is 4.97. The molecule has 0 aliphatic carbocycles. The van der Waals surface area contributed by atoms with Crippen molar-refractivity contribution >= 4 is 5.91 Å². The molecule has 0 radical (unpaired) electrons. The highest BCUT2D eigenvalue weighted by Gasteiger charge is 2.35. The van der Waals surface area contributed by atoms with Gasteiger partial charge in [-0.25, -0.2) is 4.68 Å². The molecule has 2 aromatic rings. The van der Waals surface area contributed by atoms with Gasteiger partial charge in [0.05, 0.1) is 17.4 Å². The summed E-state index contributed by atoms with van der Waals surface area (Å²) in [6.45, 7) is 5.32. The second-order valence-electron chi connectivity index (χ2n) is 6.67. The van der Waals surface area contributed by atoms with Crippen LogP contribution in [0.1, 0.15) is 26.0 Å². The number of amides is 1. The highest BCUT2D eigenvalue weighted by molar-refractivity contribution is 5.82. The lowest BCUT2D eigenvalue weighted by atomic mass is 10.1. The fraction of sp³-hybridized carbons (Fsp3) is 0.444. The first-order valence-corrected chi connectivity index (χ1v) is 8.43. The van der Waals surface area contributed by atoms with Gasteiger partial charge in [-0.2, -0.15) is 5.10 Å². The van der Waals surface area contributed by atoms with Gasteiger partial charge in [0.25, 0.3) is 0 Å². The van der Waals surface area contributed by atoms with Gasteiger partial charge in [-0.1, -0.05) is 18.2 Å². The van der Waals surface area contributed by atoms with Gasteiger partial charge in [-0.15, -0.1) is 0 Å². The number of hydrogen-bond donors (Lipinski definition) is 2. The van der Waals surface area contributed by atoms with E-state index in [-0.39, 0.29) is 24.0 Å². The first kappa shape index (κ1) is 16.7. The van der Waals surface area contributed by atoms with E-state index in [1.54, 1.807) is 6.20 Å². The number of likely N-dealkylation sites (tertiary alicyclic amines) is 1. The summed E-state index contributed by atoms with van der Waals surface area (Å²) < 4.78 is 1.92. The molecule has 1 fully saturated rings. The van der Waals surface area contributed by atoms with Crippen molar-refractivity contribution in [3.63, 3.8) is 0 Å². The van der Waals surface area contributed by atoms with Crippen LogP contribution < -0.4 is 11.1 Å². The first-order valence-electron chi connectivity index (χ1n) is 8.43. The van der Waals surface area contributed by atoms with Gasteiger partial charge in [-0.05, 0) is 38.5 Å². The molecule has 0 saturated carbocycles. The van der Waals surface area contributed by atoms with Crippen LogP contribution in [0.2, 0.25) is 0 Å². The lowest BCUT2D eigenvalue weighted by Gasteiger charge is -2.24. The van der Waals surface area contributed by atoms with Crippen LogP contribution >= 0.6 is 0 Å². The number of para-hydroxylation sites is 1. The number of carbonyl (C=O) groups excluding carboxylic acids is 1. The molecule has 2 heterocycles. The van der Waals surface area contributed by atoms with E-state index in [0.717, 1.165) is 17.9 Å². The molecule has 0 unspecified atom stereocenters. The summed E-state index contributed by atoms with van der Waals surface area (Å²) >= 11 is 0. The summed E-state index contributed by atoms with van der Waals surface area (Å²) in [6, 6.07) is 12.0. The third-order valence-electron chi connectivity index (χ3n) is 4.26. The predicted molar refractivity (Wildman–Crippen MR) is 93.6 cm³/mol. The van der Waals surface area contributed by atoms with Crippen LogP contribution in [-0.2, 0) is 11.3 Å². The lowest BCUT2D eigenvalue weighted by molar-refractivity contribution is -0.126. The summed E-state index contributed by atoms with van der Waals surface area (Å²) in [5, 5.41) is 7.43. The highest BCUT2D eigenvalue weighted by Crippen LogP contribution is 2.21. The van der Waals surface area contributed by atoms with E-state index >= 15 is 0 Å². The standard InChI is InChI=1S/C18H25N5O/c1-13(2)21-18(24)17-10-14(19)11-22(17)12-16-8-9-20-23(16)15-6-4-3-5-7-15/h3-9,13-14,17H,10-12,19H2,1-2H3,(H,21,24)/t14-,17+/m1/s1. The first-order chi connectivity index (χ1) is 11.5. The van der Waals surface area contributed by atoms with E-state index in [1.165, 1.54) is 0 Å². The SMILES string of the molecule is CC(C)NC(=O)[C@@H]1C[C@@H](N)CN1Cc1ccnn1-c1ccccc1. The molecular weight excluding hydrogens is 302 g/mol. The van der Waals surface area contributed by atoms with Crippen molar-refractivity contribution in [3.05, 3.63) is 48.3 Å². The third-order valence-corrected chi connectivity index (χ3v) is 4.26. The second kappa shape index (κ2) is 7.15. The monoisotopic (exact) mass is 327 g/mol. The molecule has 1 amide bonds. The Labute approximate surface area is 142 Å². The zero-order chi connectivity index (χ0) is 17.1. The Morgan fingerprint density at radius 3 is 2.79 bits per heavy atom. The Balaban J connectivity index is 1.78. The topological polar surface area (TPSA) is 76.2 Å². The summed E-state index contributed by atoms with van der Waals surface area (Å²) in [4.78, 5) is 14.6. The van der Waals surface area contributed by atoms with E-state index in [4.69, 9.17) is 5.73 Å². The number of carbonyl (C=O) groups is 1. The summed E-state index contributed by atoms with van der Waals surface area (Å²) in [6.07, 6.45) is 2.49. The zero-order valence-corrected chi connectivity index (χ0v) is 14.2. The highest BCUT2D eigenvalue weighted by atomic mass is 16.2. The summed E-state index contributed by atoms with van der Waals surface area (Å²) in [5.41, 5.74) is 8.19. The second-order valence-corrected chi connectivity index (χ2v) is 6.67. The number of aromatic nitrogens is 2. The molecule has 0 spiro atoms. The smallest absolute Gasteiger partial charge is 0.237 e. The third kappa shape index (κ3) is 3.66. The van der Waals surface area contributed by atoms with Crippen molar-refractivity contribution in [1.82, 2.24) is 20.0 Å². The molecule has 1 saturated heterocycles. The van der Waals surface area contributed by atoms with Gasteiger partial charge in [0, 0.05) is 31.4 Å². The Hall–Kier alpha value is -2.18. The van der Waals surface area contributed by atoms with Gasteiger partial charge < -0.3 is 11.1 Å². The van der Waals surface area contributed by atoms with E-state index in [1.807, 2.05) is 54.9 Å². The van der Waals surface area contributed by atoms with E-state index in [9.17, 15) is 4.79 Å². The fourth-order valence-corrected chi connectivity index (χ4v) is 3.23. The van der Waals surface area contributed by atoms with Crippen molar-refractivity contribution in [1.29, 1.82) is 0 Å². The Morgan fingerprint density at radius 1 is 1.33 bits per heavy atom. The number of hydrogen-bond acceptors (Lipinski definition) is 4. The minimum absolute atomic E-state index is 0.0287. The molecule has 1 aromatic carbocycles. The molecule has 0 bridgehead atoms. The summed E-state index contributed by atoms with van der Waals surface area (Å²) in [5.74, 6) is 0.0590. The van der Waals surface area contributed by atoms with Gasteiger partial charge in [0.1, 0.15) is 0 Å². The average Bonchev–Trinajstić information content (AvgIpc) is 3.14. The van der Waals surface area contributed by atoms with Gasteiger partial charge in [0.15, 0.2) is 0 Å². The molecule has 1 aliphatic heterocycles. The average molecular weight is 327 g/mol. The molecule has 3 rings (SSSR count). The van der Waals surface area contributed by atoms with Crippen LogP contribution in [0, 0.1) is 0 Å². The van der Waals surface area contributed by atoms with Crippen LogP contribution in [-0.4, -0.2) is 45.3 Å². The molecule has 6 nitrogen and oxygen atoms in total. The molecule has 1 aliphatic rings. The van der Waals surface area contributed by atoms with Crippen molar-refractivity contribution in [3.8, 4) is 5.69 Å².